The second kappa shape index (κ2) is 9.79. The Bertz CT molecular complexity index is 2170. The molecule has 202 valence electrons. The van der Waals surface area contributed by atoms with Crippen molar-refractivity contribution in [3.63, 3.8) is 0 Å². The number of benzene rings is 2. The van der Waals surface area contributed by atoms with E-state index >= 15 is 0 Å². The first-order valence-corrected chi connectivity index (χ1v) is 13.0. The summed E-state index contributed by atoms with van der Waals surface area (Å²) < 4.78 is 0. The van der Waals surface area contributed by atoms with Gasteiger partial charge in [0.15, 0.2) is 0 Å². The predicted octanol–water partition coefficient (Wildman–Crippen LogP) is 7.81. The SMILES string of the molecule is O=[N+]([O-])c1cccc(-c2c3nc(cc4ccc(cc5ccc([nH]5)c(-c5cccc([N+](=O)[O-])c5)c5nc2C=C5)[nH]4)C=C3)c1. The molecule has 0 saturated carbocycles. The van der Waals surface area contributed by atoms with Crippen LogP contribution in [0, 0.1) is 20.2 Å². The first kappa shape index (κ1) is 24.9. The number of hydrogen-bond donors (Lipinski definition) is 2. The molecule has 10 heteroatoms. The summed E-state index contributed by atoms with van der Waals surface area (Å²) >= 11 is 0. The third-order valence-corrected chi connectivity index (χ3v) is 7.08. The summed E-state index contributed by atoms with van der Waals surface area (Å²) in [6.45, 7) is 0. The Labute approximate surface area is 237 Å². The third-order valence-electron chi connectivity index (χ3n) is 7.08. The van der Waals surface area contributed by atoms with E-state index in [1.54, 1.807) is 18.2 Å². The quantitative estimate of drug-likeness (QED) is 0.168. The molecular weight excluding hydrogens is 532 g/mol. The van der Waals surface area contributed by atoms with Crippen molar-refractivity contribution in [2.75, 3.05) is 0 Å². The zero-order valence-electron chi connectivity index (χ0n) is 21.8. The number of hydrogen-bond acceptors (Lipinski definition) is 6. The summed E-state index contributed by atoms with van der Waals surface area (Å²) in [5.41, 5.74) is 8.18. The molecule has 5 heterocycles. The molecule has 5 aromatic rings. The minimum Gasteiger partial charge on any atom is -0.355 e. The standard InChI is InChI=1S/C32H20N6O4/c39-37(40)25-5-1-3-19(15-25)31-27-11-9-23(34-27)17-21-7-8-22(33-21)18-24-10-12-28(35-24)32(30-14-13-29(31)36-30)20-4-2-6-26(16-20)38(41)42/h1-18,33-34H. The van der Waals surface area contributed by atoms with Crippen molar-refractivity contribution in [2.24, 2.45) is 0 Å². The molecule has 0 aliphatic carbocycles. The fraction of sp³-hybridized carbons (Fsp3) is 0. The van der Waals surface area contributed by atoms with Crippen LogP contribution in [-0.2, 0) is 0 Å². The molecule has 10 nitrogen and oxygen atoms in total. The number of non-ortho nitro benzene ring substituents is 2. The van der Waals surface area contributed by atoms with Crippen LogP contribution < -0.4 is 0 Å². The Morgan fingerprint density at radius 2 is 1.10 bits per heavy atom. The summed E-state index contributed by atoms with van der Waals surface area (Å²) in [7, 11) is 0. The number of H-pyrrole nitrogens is 2. The summed E-state index contributed by atoms with van der Waals surface area (Å²) in [5, 5.41) is 23.2. The van der Waals surface area contributed by atoms with E-state index in [1.807, 2.05) is 66.8 Å². The molecule has 0 spiro atoms. The molecule has 7 rings (SSSR count). The van der Waals surface area contributed by atoms with Crippen LogP contribution in [0.3, 0.4) is 0 Å². The maximum Gasteiger partial charge on any atom is 0.270 e. The van der Waals surface area contributed by atoms with Crippen LogP contribution in [0.4, 0.5) is 11.4 Å². The van der Waals surface area contributed by atoms with E-state index in [4.69, 9.17) is 9.97 Å². The van der Waals surface area contributed by atoms with Gasteiger partial charge in [-0.15, -0.1) is 0 Å². The monoisotopic (exact) mass is 552 g/mol. The van der Waals surface area contributed by atoms with Crippen LogP contribution in [0.15, 0.2) is 84.9 Å². The van der Waals surface area contributed by atoms with E-state index in [9.17, 15) is 20.2 Å². The molecule has 8 bridgehead atoms. The van der Waals surface area contributed by atoms with Gasteiger partial charge in [-0.25, -0.2) is 9.97 Å². The van der Waals surface area contributed by atoms with E-state index in [-0.39, 0.29) is 11.4 Å². The molecule has 3 aromatic heterocycles. The van der Waals surface area contributed by atoms with Gasteiger partial charge in [0, 0.05) is 57.5 Å². The van der Waals surface area contributed by atoms with Crippen molar-refractivity contribution in [3.05, 3.63) is 128 Å². The van der Waals surface area contributed by atoms with Crippen LogP contribution in [0.5, 0.6) is 0 Å². The maximum atomic E-state index is 11.6. The molecule has 0 fully saturated rings. The van der Waals surface area contributed by atoms with E-state index in [0.717, 1.165) is 22.1 Å². The molecule has 2 aliphatic rings. The number of aromatic amines is 2. The first-order valence-electron chi connectivity index (χ1n) is 13.0. The van der Waals surface area contributed by atoms with Gasteiger partial charge in [-0.2, -0.15) is 0 Å². The zero-order valence-corrected chi connectivity index (χ0v) is 21.8. The summed E-state index contributed by atoms with van der Waals surface area (Å²) in [6.07, 6.45) is 7.43. The van der Waals surface area contributed by atoms with Gasteiger partial charge in [0.25, 0.3) is 11.4 Å². The molecule has 0 amide bonds. The number of nitrogens with zero attached hydrogens (tertiary/aromatic N) is 4. The molecule has 42 heavy (non-hydrogen) atoms. The maximum absolute atomic E-state index is 11.6. The van der Waals surface area contributed by atoms with Gasteiger partial charge in [-0.3, -0.25) is 20.2 Å². The molecule has 0 saturated heterocycles. The topological polar surface area (TPSA) is 144 Å². The normalized spacial score (nSPS) is 12.0. The van der Waals surface area contributed by atoms with Crippen molar-refractivity contribution < 1.29 is 9.85 Å². The number of rotatable bonds is 4. The van der Waals surface area contributed by atoms with Gasteiger partial charge in [-0.1, -0.05) is 24.3 Å². The molecule has 0 atom stereocenters. The summed E-state index contributed by atoms with van der Waals surface area (Å²) in [5.74, 6) is 0. The Kier molecular flexibility index (Phi) is 5.79. The average molecular weight is 553 g/mol. The van der Waals surface area contributed by atoms with E-state index < -0.39 is 9.85 Å². The number of aromatic nitrogens is 4. The molecule has 0 radical (unpaired) electrons. The fourth-order valence-corrected chi connectivity index (χ4v) is 5.22. The summed E-state index contributed by atoms with van der Waals surface area (Å²) in [4.78, 5) is 39.0. The number of nitro benzene ring substituents is 2. The van der Waals surface area contributed by atoms with Crippen LogP contribution in [0.1, 0.15) is 22.8 Å². The minimum absolute atomic E-state index is 0.0372. The Morgan fingerprint density at radius 1 is 0.548 bits per heavy atom. The highest BCUT2D eigenvalue weighted by atomic mass is 16.6. The molecule has 0 unspecified atom stereocenters. The van der Waals surface area contributed by atoms with E-state index in [1.165, 1.54) is 24.3 Å². The van der Waals surface area contributed by atoms with E-state index in [2.05, 4.69) is 9.97 Å². The lowest BCUT2D eigenvalue weighted by atomic mass is 10.0. The van der Waals surface area contributed by atoms with E-state index in [0.29, 0.717) is 45.0 Å². The lowest BCUT2D eigenvalue weighted by molar-refractivity contribution is -0.385. The molecular formula is C32H20N6O4. The van der Waals surface area contributed by atoms with Gasteiger partial charge in [0.1, 0.15) is 0 Å². The number of nitro groups is 2. The van der Waals surface area contributed by atoms with Crippen molar-refractivity contribution >= 4 is 57.7 Å². The molecule has 2 N–H and O–H groups in total. The molecule has 2 aliphatic heterocycles. The Hall–Kier alpha value is -6.16. The van der Waals surface area contributed by atoms with Crippen LogP contribution in [0.2, 0.25) is 0 Å². The highest BCUT2D eigenvalue weighted by Gasteiger charge is 2.19. The lowest BCUT2D eigenvalue weighted by Crippen LogP contribution is -1.93. The van der Waals surface area contributed by atoms with Gasteiger partial charge in [0.2, 0.25) is 0 Å². The average Bonchev–Trinajstić information content (AvgIpc) is 3.80. The van der Waals surface area contributed by atoms with Crippen LogP contribution in [-0.4, -0.2) is 29.8 Å². The second-order valence-electron chi connectivity index (χ2n) is 9.82. The summed E-state index contributed by atoms with van der Waals surface area (Å²) in [6, 6.07) is 24.5. The molecule has 2 aromatic carbocycles. The Morgan fingerprint density at radius 3 is 1.79 bits per heavy atom. The second-order valence-corrected chi connectivity index (χ2v) is 9.82. The number of fused-ring (bicyclic) bond motifs is 8. The highest BCUT2D eigenvalue weighted by molar-refractivity contribution is 5.94. The van der Waals surface area contributed by atoms with Gasteiger partial charge < -0.3 is 9.97 Å². The van der Waals surface area contributed by atoms with Crippen LogP contribution in [0.25, 0.3) is 68.6 Å². The fourth-order valence-electron chi connectivity index (χ4n) is 5.22. The smallest absolute Gasteiger partial charge is 0.270 e. The zero-order chi connectivity index (χ0) is 28.8. The van der Waals surface area contributed by atoms with Gasteiger partial charge in [0.05, 0.1) is 32.6 Å². The third kappa shape index (κ3) is 4.52. The van der Waals surface area contributed by atoms with Crippen molar-refractivity contribution in [2.45, 2.75) is 0 Å². The highest BCUT2D eigenvalue weighted by Crippen LogP contribution is 2.36. The van der Waals surface area contributed by atoms with Crippen molar-refractivity contribution in [1.82, 2.24) is 19.9 Å². The predicted molar refractivity (Wildman–Crippen MR) is 163 cm³/mol. The lowest BCUT2D eigenvalue weighted by Gasteiger charge is -2.06. The van der Waals surface area contributed by atoms with Gasteiger partial charge >= 0.3 is 0 Å². The number of nitrogens with one attached hydrogen (secondary N) is 2. The van der Waals surface area contributed by atoms with Crippen molar-refractivity contribution in [1.29, 1.82) is 0 Å². The first-order chi connectivity index (χ1) is 20.4. The minimum atomic E-state index is -0.433. The van der Waals surface area contributed by atoms with Crippen LogP contribution >= 0.6 is 0 Å². The largest absolute Gasteiger partial charge is 0.355 e. The van der Waals surface area contributed by atoms with Crippen molar-refractivity contribution in [3.8, 4) is 22.3 Å². The Balaban J connectivity index is 1.62. The van der Waals surface area contributed by atoms with Gasteiger partial charge in [-0.05, 0) is 71.8 Å².